The van der Waals surface area contributed by atoms with Crippen LogP contribution >= 0.6 is 0 Å². The van der Waals surface area contributed by atoms with E-state index in [9.17, 15) is 14.4 Å². The van der Waals surface area contributed by atoms with Gasteiger partial charge in [0.15, 0.2) is 6.10 Å². The number of hydrogen-bond donors (Lipinski definition) is 0. The van der Waals surface area contributed by atoms with E-state index < -0.39 is 6.10 Å². The summed E-state index contributed by atoms with van der Waals surface area (Å²) in [5.41, 5.74) is 0. The fraction of sp³-hybridized carbons (Fsp3) is 0.780. The summed E-state index contributed by atoms with van der Waals surface area (Å²) in [6.45, 7) is 6.50. The molecule has 6 nitrogen and oxygen atoms in total. The van der Waals surface area contributed by atoms with Crippen LogP contribution in [0.25, 0.3) is 0 Å². The van der Waals surface area contributed by atoms with Gasteiger partial charge in [-0.2, -0.15) is 0 Å². The number of carbonyl (C=O) groups is 3. The molecule has 0 bridgehead atoms. The molecule has 0 aromatic rings. The van der Waals surface area contributed by atoms with Gasteiger partial charge in [-0.1, -0.05) is 216 Å². The Labute approximate surface area is 402 Å². The molecule has 0 aliphatic rings. The average molecular weight is 909 g/mol. The summed E-state index contributed by atoms with van der Waals surface area (Å²) < 4.78 is 16.8. The van der Waals surface area contributed by atoms with Gasteiger partial charge in [-0.25, -0.2) is 0 Å². The molecule has 0 saturated heterocycles. The van der Waals surface area contributed by atoms with Crippen molar-refractivity contribution >= 4 is 17.9 Å². The maximum atomic E-state index is 12.8. The van der Waals surface area contributed by atoms with Crippen LogP contribution in [-0.4, -0.2) is 37.2 Å². The number of hydrogen-bond acceptors (Lipinski definition) is 6. The molecule has 0 saturated carbocycles. The number of allylic oxidation sites excluding steroid dienone is 10. The Morgan fingerprint density at radius 3 is 0.969 bits per heavy atom. The molecule has 0 aliphatic carbocycles. The van der Waals surface area contributed by atoms with Gasteiger partial charge in [-0.3, -0.25) is 14.4 Å². The summed E-state index contributed by atoms with van der Waals surface area (Å²) >= 11 is 0. The van der Waals surface area contributed by atoms with E-state index in [1.54, 1.807) is 0 Å². The number of rotatable bonds is 50. The van der Waals surface area contributed by atoms with Gasteiger partial charge in [0.2, 0.25) is 0 Å². The van der Waals surface area contributed by atoms with Gasteiger partial charge in [-0.15, -0.1) is 0 Å². The second-order valence-corrected chi connectivity index (χ2v) is 18.5. The second-order valence-electron chi connectivity index (χ2n) is 18.5. The third kappa shape index (κ3) is 51.9. The molecule has 0 amide bonds. The maximum absolute atomic E-state index is 12.8. The third-order valence-electron chi connectivity index (χ3n) is 12.0. The summed E-state index contributed by atoms with van der Waals surface area (Å²) in [5, 5.41) is 0. The smallest absolute Gasteiger partial charge is 0.306 e. The predicted octanol–water partition coefficient (Wildman–Crippen LogP) is 18.4. The number of esters is 3. The van der Waals surface area contributed by atoms with E-state index in [2.05, 4.69) is 81.5 Å². The van der Waals surface area contributed by atoms with E-state index in [1.807, 2.05) is 0 Å². The van der Waals surface area contributed by atoms with E-state index in [1.165, 1.54) is 135 Å². The molecule has 0 fully saturated rings. The van der Waals surface area contributed by atoms with Crippen molar-refractivity contribution in [3.63, 3.8) is 0 Å². The van der Waals surface area contributed by atoms with Crippen LogP contribution in [0.2, 0.25) is 0 Å². The molecule has 65 heavy (non-hydrogen) atoms. The molecule has 0 heterocycles. The SMILES string of the molecule is CC/C=C\C/C=C\C/C=C\CCCCCCC(=O)OC(COC(=O)CCCCC/C=C\CCCCCCCCC)COC(=O)CCCCCCCCC/C=C\CCCCCCCCCC. The minimum atomic E-state index is -0.793. The van der Waals surface area contributed by atoms with Crippen LogP contribution < -0.4 is 0 Å². The van der Waals surface area contributed by atoms with Crippen molar-refractivity contribution in [3.05, 3.63) is 60.8 Å². The first-order valence-electron chi connectivity index (χ1n) is 27.8. The highest BCUT2D eigenvalue weighted by Crippen LogP contribution is 2.15. The van der Waals surface area contributed by atoms with Gasteiger partial charge in [0.1, 0.15) is 13.2 Å². The molecule has 0 aromatic carbocycles. The zero-order valence-corrected chi connectivity index (χ0v) is 43.0. The average Bonchev–Trinajstić information content (AvgIpc) is 3.30. The zero-order valence-electron chi connectivity index (χ0n) is 43.0. The van der Waals surface area contributed by atoms with E-state index in [0.717, 1.165) is 103 Å². The Morgan fingerprint density at radius 1 is 0.323 bits per heavy atom. The van der Waals surface area contributed by atoms with Crippen molar-refractivity contribution in [2.75, 3.05) is 13.2 Å². The molecular weight excluding hydrogens is 805 g/mol. The molecular formula is C59H104O6. The van der Waals surface area contributed by atoms with E-state index in [4.69, 9.17) is 14.2 Å². The lowest BCUT2D eigenvalue weighted by Gasteiger charge is -2.18. The second kappa shape index (κ2) is 53.7. The van der Waals surface area contributed by atoms with Crippen molar-refractivity contribution < 1.29 is 28.6 Å². The van der Waals surface area contributed by atoms with Crippen LogP contribution in [0.4, 0.5) is 0 Å². The summed E-state index contributed by atoms with van der Waals surface area (Å²) in [6, 6.07) is 0. The molecule has 0 N–H and O–H groups in total. The molecule has 0 radical (unpaired) electrons. The van der Waals surface area contributed by atoms with Gasteiger partial charge in [-0.05, 0) is 103 Å². The Bertz CT molecular complexity index is 1180. The first-order valence-corrected chi connectivity index (χ1v) is 27.8. The molecule has 1 atom stereocenters. The van der Waals surface area contributed by atoms with Gasteiger partial charge >= 0.3 is 17.9 Å². The highest BCUT2D eigenvalue weighted by molar-refractivity contribution is 5.71. The fourth-order valence-electron chi connectivity index (χ4n) is 7.80. The van der Waals surface area contributed by atoms with Gasteiger partial charge in [0.25, 0.3) is 0 Å². The van der Waals surface area contributed by atoms with Crippen LogP contribution in [0.5, 0.6) is 0 Å². The molecule has 0 aliphatic heterocycles. The first kappa shape index (κ1) is 62.1. The largest absolute Gasteiger partial charge is 0.462 e. The Hall–Kier alpha value is -2.89. The van der Waals surface area contributed by atoms with Crippen LogP contribution in [0, 0.1) is 0 Å². The zero-order chi connectivity index (χ0) is 47.2. The predicted molar refractivity (Wildman–Crippen MR) is 279 cm³/mol. The van der Waals surface area contributed by atoms with Crippen LogP contribution in [0.3, 0.4) is 0 Å². The number of unbranched alkanes of at least 4 members (excludes halogenated alkanes) is 29. The standard InChI is InChI=1S/C59H104O6/c1-4-7-10-13-16-19-22-25-28-29-30-31-32-35-37-40-43-46-49-52-58(61)64-55-56(65-59(62)53-50-47-44-41-38-34-27-24-21-18-15-12-9-6-3)54-63-57(60)51-48-45-42-39-36-33-26-23-20-17-14-11-8-5-2/h9,12,18,21,27,29-30,33-34,36,56H,4-8,10-11,13-17,19-20,22-26,28,31-32,35,37-55H2,1-3H3/b12-9-,21-18-,30-29-,34-27-,36-33-. The van der Waals surface area contributed by atoms with Crippen molar-refractivity contribution in [1.82, 2.24) is 0 Å². The normalized spacial score (nSPS) is 12.5. The van der Waals surface area contributed by atoms with Gasteiger partial charge < -0.3 is 14.2 Å². The lowest BCUT2D eigenvalue weighted by molar-refractivity contribution is -0.167. The van der Waals surface area contributed by atoms with Crippen molar-refractivity contribution in [2.24, 2.45) is 0 Å². The van der Waals surface area contributed by atoms with Crippen LogP contribution in [0.15, 0.2) is 60.8 Å². The monoisotopic (exact) mass is 909 g/mol. The summed E-state index contributed by atoms with van der Waals surface area (Å²) in [4.78, 5) is 38.1. The van der Waals surface area contributed by atoms with Crippen molar-refractivity contribution in [1.29, 1.82) is 0 Å². The van der Waals surface area contributed by atoms with Crippen LogP contribution in [-0.2, 0) is 28.6 Å². The molecule has 0 spiro atoms. The Kier molecular flexibility index (Phi) is 51.3. The van der Waals surface area contributed by atoms with E-state index in [0.29, 0.717) is 19.3 Å². The first-order chi connectivity index (χ1) is 32.0. The van der Waals surface area contributed by atoms with E-state index >= 15 is 0 Å². The minimum Gasteiger partial charge on any atom is -0.462 e. The molecule has 0 aromatic heterocycles. The summed E-state index contributed by atoms with van der Waals surface area (Å²) in [6.07, 6.45) is 66.4. The number of ether oxygens (including phenoxy) is 3. The maximum Gasteiger partial charge on any atom is 0.306 e. The molecule has 0 rings (SSSR count). The Morgan fingerprint density at radius 2 is 0.600 bits per heavy atom. The quantitative estimate of drug-likeness (QED) is 0.0262. The summed E-state index contributed by atoms with van der Waals surface area (Å²) in [7, 11) is 0. The van der Waals surface area contributed by atoms with E-state index in [-0.39, 0.29) is 31.1 Å². The topological polar surface area (TPSA) is 78.9 Å². The fourth-order valence-corrected chi connectivity index (χ4v) is 7.80. The number of carbonyl (C=O) groups excluding carboxylic acids is 3. The summed E-state index contributed by atoms with van der Waals surface area (Å²) in [5.74, 6) is -0.925. The Balaban J connectivity index is 4.39. The van der Waals surface area contributed by atoms with Crippen molar-refractivity contribution in [2.45, 2.75) is 284 Å². The lowest BCUT2D eigenvalue weighted by Crippen LogP contribution is -2.30. The van der Waals surface area contributed by atoms with Gasteiger partial charge in [0, 0.05) is 19.3 Å². The van der Waals surface area contributed by atoms with Crippen molar-refractivity contribution in [3.8, 4) is 0 Å². The third-order valence-corrected chi connectivity index (χ3v) is 12.0. The minimum absolute atomic E-state index is 0.0897. The molecule has 1 unspecified atom stereocenters. The molecule has 6 heteroatoms. The van der Waals surface area contributed by atoms with Gasteiger partial charge in [0.05, 0.1) is 0 Å². The lowest BCUT2D eigenvalue weighted by atomic mass is 10.1. The highest BCUT2D eigenvalue weighted by atomic mass is 16.6. The molecule has 376 valence electrons. The highest BCUT2D eigenvalue weighted by Gasteiger charge is 2.19. The van der Waals surface area contributed by atoms with Crippen LogP contribution in [0.1, 0.15) is 278 Å².